The molecule has 0 aliphatic heterocycles. The van der Waals surface area contributed by atoms with Crippen LogP contribution in [0.15, 0.2) is 0 Å². The van der Waals surface area contributed by atoms with Gasteiger partial charge in [-0.15, -0.1) is 0 Å². The summed E-state index contributed by atoms with van der Waals surface area (Å²) in [5.41, 5.74) is -0.564. The zero-order valence-electron chi connectivity index (χ0n) is 11.5. The van der Waals surface area contributed by atoms with Crippen molar-refractivity contribution in [1.29, 1.82) is 0 Å². The fourth-order valence-corrected chi connectivity index (χ4v) is 1.29. The predicted molar refractivity (Wildman–Crippen MR) is 64.7 cm³/mol. The Morgan fingerprint density at radius 1 is 1.22 bits per heavy atom. The summed E-state index contributed by atoms with van der Waals surface area (Å²) in [7, 11) is 1.23. The summed E-state index contributed by atoms with van der Waals surface area (Å²) in [5, 5.41) is 2.43. The number of amides is 1. The van der Waals surface area contributed by atoms with Crippen molar-refractivity contribution in [3.05, 3.63) is 0 Å². The summed E-state index contributed by atoms with van der Waals surface area (Å²) >= 11 is 0. The lowest BCUT2D eigenvalue weighted by Crippen LogP contribution is -2.41. The molecule has 0 saturated heterocycles. The number of ether oxygens (including phenoxy) is 2. The second kappa shape index (κ2) is 6.98. The molecule has 0 aromatic heterocycles. The Morgan fingerprint density at radius 2 is 1.78 bits per heavy atom. The molecule has 0 aliphatic carbocycles. The minimum atomic E-state index is -0.819. The summed E-state index contributed by atoms with van der Waals surface area (Å²) in [6, 6.07) is -0.819. The van der Waals surface area contributed by atoms with E-state index >= 15 is 0 Å². The van der Waals surface area contributed by atoms with Gasteiger partial charge in [0.15, 0.2) is 0 Å². The molecule has 0 spiro atoms. The Labute approximate surface area is 107 Å². The molecule has 0 aliphatic rings. The van der Waals surface area contributed by atoms with Crippen LogP contribution < -0.4 is 5.32 Å². The summed E-state index contributed by atoms with van der Waals surface area (Å²) in [5.74, 6) is -1.34. The highest BCUT2D eigenvalue weighted by atomic mass is 16.6. The van der Waals surface area contributed by atoms with Gasteiger partial charge in [-0.25, -0.2) is 4.79 Å². The van der Waals surface area contributed by atoms with Crippen LogP contribution in [0.5, 0.6) is 0 Å². The Kier molecular flexibility index (Phi) is 6.36. The Morgan fingerprint density at radius 3 is 2.17 bits per heavy atom. The monoisotopic (exact) mass is 259 g/mol. The Bertz CT molecular complexity index is 319. The molecule has 0 rings (SSSR count). The average Bonchev–Trinajstić information content (AvgIpc) is 2.20. The van der Waals surface area contributed by atoms with Crippen molar-refractivity contribution in [2.75, 3.05) is 7.11 Å². The molecule has 0 aromatic carbocycles. The predicted octanol–water partition coefficient (Wildman–Crippen LogP) is 0.786. The molecular weight excluding hydrogens is 238 g/mol. The highest BCUT2D eigenvalue weighted by Gasteiger charge is 2.23. The van der Waals surface area contributed by atoms with E-state index in [1.54, 1.807) is 20.8 Å². The Balaban J connectivity index is 4.30. The molecule has 6 nitrogen and oxygen atoms in total. The fourth-order valence-electron chi connectivity index (χ4n) is 1.29. The van der Waals surface area contributed by atoms with Crippen molar-refractivity contribution in [2.24, 2.45) is 0 Å². The van der Waals surface area contributed by atoms with Crippen molar-refractivity contribution in [1.82, 2.24) is 5.32 Å². The molecule has 1 amide bonds. The van der Waals surface area contributed by atoms with Crippen molar-refractivity contribution >= 4 is 17.8 Å². The summed E-state index contributed by atoms with van der Waals surface area (Å²) in [6.45, 7) is 6.58. The fraction of sp³-hybridized carbons (Fsp3) is 0.750. The number of esters is 2. The lowest BCUT2D eigenvalue weighted by atomic mass is 10.1. The van der Waals surface area contributed by atoms with E-state index in [0.29, 0.717) is 0 Å². The lowest BCUT2D eigenvalue weighted by Gasteiger charge is -2.20. The standard InChI is InChI=1S/C12H21NO5/c1-8(14)13-9(11(16)17-5)6-7-10(15)18-12(2,3)4/h9H,6-7H2,1-5H3,(H,13,14)/t9-/m0/s1. The first-order valence-electron chi connectivity index (χ1n) is 5.72. The van der Waals surface area contributed by atoms with Gasteiger partial charge in [-0.3, -0.25) is 9.59 Å². The highest BCUT2D eigenvalue weighted by molar-refractivity contribution is 5.83. The maximum absolute atomic E-state index is 11.5. The van der Waals surface area contributed by atoms with Gasteiger partial charge in [0.05, 0.1) is 7.11 Å². The van der Waals surface area contributed by atoms with E-state index in [1.165, 1.54) is 14.0 Å². The number of rotatable bonds is 5. The first-order valence-corrected chi connectivity index (χ1v) is 5.72. The largest absolute Gasteiger partial charge is 0.467 e. The third-order valence-electron chi connectivity index (χ3n) is 1.92. The summed E-state index contributed by atoms with van der Waals surface area (Å²) < 4.78 is 9.64. The number of carbonyl (C=O) groups is 3. The van der Waals surface area contributed by atoms with E-state index in [0.717, 1.165) is 0 Å². The maximum atomic E-state index is 11.5. The van der Waals surface area contributed by atoms with Gasteiger partial charge in [0.1, 0.15) is 11.6 Å². The molecule has 6 heteroatoms. The van der Waals surface area contributed by atoms with Crippen LogP contribution in [0.25, 0.3) is 0 Å². The zero-order valence-corrected chi connectivity index (χ0v) is 11.5. The molecule has 1 atom stereocenters. The van der Waals surface area contributed by atoms with E-state index in [1.807, 2.05) is 0 Å². The molecule has 1 N–H and O–H groups in total. The van der Waals surface area contributed by atoms with Crippen LogP contribution in [0.4, 0.5) is 0 Å². The molecule has 0 fully saturated rings. The molecule has 0 radical (unpaired) electrons. The van der Waals surface area contributed by atoms with E-state index in [-0.39, 0.29) is 18.7 Å². The average molecular weight is 259 g/mol. The second-order valence-electron chi connectivity index (χ2n) is 4.90. The number of carbonyl (C=O) groups excluding carboxylic acids is 3. The van der Waals surface area contributed by atoms with E-state index in [2.05, 4.69) is 10.1 Å². The molecule has 0 unspecified atom stereocenters. The maximum Gasteiger partial charge on any atom is 0.328 e. The number of hydrogen-bond acceptors (Lipinski definition) is 5. The lowest BCUT2D eigenvalue weighted by molar-refractivity contribution is -0.155. The highest BCUT2D eigenvalue weighted by Crippen LogP contribution is 2.10. The zero-order chi connectivity index (χ0) is 14.3. The summed E-state index contributed by atoms with van der Waals surface area (Å²) in [4.78, 5) is 33.7. The van der Waals surface area contributed by atoms with Gasteiger partial charge >= 0.3 is 11.9 Å². The van der Waals surface area contributed by atoms with Crippen LogP contribution in [0, 0.1) is 0 Å². The number of nitrogens with one attached hydrogen (secondary N) is 1. The third kappa shape index (κ3) is 7.65. The van der Waals surface area contributed by atoms with Gasteiger partial charge in [-0.05, 0) is 27.2 Å². The Hall–Kier alpha value is -1.59. The number of methoxy groups -OCH3 is 1. The quantitative estimate of drug-likeness (QED) is 0.738. The van der Waals surface area contributed by atoms with Gasteiger partial charge in [0, 0.05) is 13.3 Å². The smallest absolute Gasteiger partial charge is 0.328 e. The van der Waals surface area contributed by atoms with Gasteiger partial charge in [0.2, 0.25) is 5.91 Å². The van der Waals surface area contributed by atoms with Crippen LogP contribution in [0.2, 0.25) is 0 Å². The third-order valence-corrected chi connectivity index (χ3v) is 1.92. The second-order valence-corrected chi connectivity index (χ2v) is 4.90. The van der Waals surface area contributed by atoms with Gasteiger partial charge in [0.25, 0.3) is 0 Å². The van der Waals surface area contributed by atoms with Crippen LogP contribution in [-0.4, -0.2) is 36.6 Å². The van der Waals surface area contributed by atoms with E-state index < -0.39 is 23.6 Å². The molecule has 0 aromatic rings. The van der Waals surface area contributed by atoms with E-state index in [9.17, 15) is 14.4 Å². The van der Waals surface area contributed by atoms with Crippen LogP contribution >= 0.6 is 0 Å². The minimum absolute atomic E-state index is 0.0390. The molecule has 0 bridgehead atoms. The number of hydrogen-bond donors (Lipinski definition) is 1. The molecule has 0 saturated carbocycles. The van der Waals surface area contributed by atoms with Crippen molar-refractivity contribution in [3.8, 4) is 0 Å². The normalized spacial score (nSPS) is 12.5. The van der Waals surface area contributed by atoms with Crippen LogP contribution in [0.1, 0.15) is 40.5 Å². The van der Waals surface area contributed by atoms with Crippen molar-refractivity contribution < 1.29 is 23.9 Å². The molecule has 18 heavy (non-hydrogen) atoms. The van der Waals surface area contributed by atoms with E-state index in [4.69, 9.17) is 4.74 Å². The topological polar surface area (TPSA) is 81.7 Å². The molecule has 0 heterocycles. The van der Waals surface area contributed by atoms with Crippen LogP contribution in [0.3, 0.4) is 0 Å². The van der Waals surface area contributed by atoms with Gasteiger partial charge in [-0.1, -0.05) is 0 Å². The molecular formula is C12H21NO5. The van der Waals surface area contributed by atoms with Crippen LogP contribution in [-0.2, 0) is 23.9 Å². The van der Waals surface area contributed by atoms with Crippen molar-refractivity contribution in [3.63, 3.8) is 0 Å². The first-order chi connectivity index (χ1) is 8.15. The van der Waals surface area contributed by atoms with Crippen molar-refractivity contribution in [2.45, 2.75) is 52.2 Å². The SMILES string of the molecule is COC(=O)[C@H](CCC(=O)OC(C)(C)C)NC(C)=O. The minimum Gasteiger partial charge on any atom is -0.467 e. The van der Waals surface area contributed by atoms with Gasteiger partial charge in [-0.2, -0.15) is 0 Å². The van der Waals surface area contributed by atoms with Gasteiger partial charge < -0.3 is 14.8 Å². The first kappa shape index (κ1) is 16.4. The molecule has 104 valence electrons. The summed E-state index contributed by atoms with van der Waals surface area (Å²) in [6.07, 6.45) is 0.193.